The molecule has 2 aliphatic heterocycles. The molecule has 0 spiro atoms. The molecule has 0 aliphatic carbocycles. The van der Waals surface area contributed by atoms with Crippen molar-refractivity contribution in [2.45, 2.75) is 19.0 Å². The number of amides is 1. The van der Waals surface area contributed by atoms with Crippen molar-refractivity contribution in [1.82, 2.24) is 10.2 Å². The van der Waals surface area contributed by atoms with Crippen LogP contribution in [-0.4, -0.2) is 43.7 Å². The number of fused-ring (bicyclic) bond motifs is 2. The summed E-state index contributed by atoms with van der Waals surface area (Å²) in [5.74, 6) is 1.19. The molecule has 0 radical (unpaired) electrons. The molecule has 1 aromatic carbocycles. The molecule has 2 aromatic rings. The Hall–Kier alpha value is -2.05. The molecular formula is C18H20N2O3S. The third-order valence-corrected chi connectivity index (χ3v) is 5.56. The summed E-state index contributed by atoms with van der Waals surface area (Å²) in [6.07, 6.45) is 0.953. The van der Waals surface area contributed by atoms with Gasteiger partial charge in [-0.1, -0.05) is 24.3 Å². The summed E-state index contributed by atoms with van der Waals surface area (Å²) in [6, 6.07) is 8.82. The molecule has 0 fully saturated rings. The van der Waals surface area contributed by atoms with Crippen LogP contribution in [0.4, 0.5) is 0 Å². The quantitative estimate of drug-likeness (QED) is 0.928. The van der Waals surface area contributed by atoms with E-state index in [4.69, 9.17) is 9.47 Å². The van der Waals surface area contributed by atoms with Crippen molar-refractivity contribution < 1.29 is 14.3 Å². The van der Waals surface area contributed by atoms with Gasteiger partial charge in [0.1, 0.15) is 18.1 Å². The van der Waals surface area contributed by atoms with E-state index < -0.39 is 0 Å². The topological polar surface area (TPSA) is 50.8 Å². The molecule has 1 atom stereocenters. The molecule has 0 unspecified atom stereocenters. The molecule has 3 heterocycles. The van der Waals surface area contributed by atoms with Crippen molar-refractivity contribution in [1.29, 1.82) is 0 Å². The first-order valence-electron chi connectivity index (χ1n) is 8.14. The molecule has 0 saturated carbocycles. The average Bonchev–Trinajstić information content (AvgIpc) is 3.04. The second-order valence-electron chi connectivity index (χ2n) is 6.21. The second kappa shape index (κ2) is 6.45. The molecular weight excluding hydrogens is 324 g/mol. The van der Waals surface area contributed by atoms with Crippen LogP contribution in [0.3, 0.4) is 0 Å². The van der Waals surface area contributed by atoms with Gasteiger partial charge in [0, 0.05) is 24.5 Å². The minimum Gasteiger partial charge on any atom is -0.485 e. The van der Waals surface area contributed by atoms with Gasteiger partial charge in [-0.3, -0.25) is 9.69 Å². The Morgan fingerprint density at radius 1 is 1.29 bits per heavy atom. The minimum absolute atomic E-state index is 0.0843. The summed E-state index contributed by atoms with van der Waals surface area (Å²) in [5.41, 5.74) is 2.75. The zero-order chi connectivity index (χ0) is 16.5. The zero-order valence-corrected chi connectivity index (χ0v) is 14.4. The molecule has 126 valence electrons. The van der Waals surface area contributed by atoms with Crippen LogP contribution in [0.1, 0.15) is 20.8 Å². The third-order valence-electron chi connectivity index (χ3n) is 4.62. The fraction of sp³-hybridized carbons (Fsp3) is 0.389. The Labute approximate surface area is 145 Å². The normalized spacial score (nSPS) is 19.6. The molecule has 1 N–H and O–H groups in total. The Bertz CT molecular complexity index is 758. The van der Waals surface area contributed by atoms with E-state index in [-0.39, 0.29) is 5.91 Å². The largest absolute Gasteiger partial charge is 0.485 e. The molecule has 4 rings (SSSR count). The number of benzene rings is 1. The summed E-state index contributed by atoms with van der Waals surface area (Å²) in [7, 11) is 2.11. The monoisotopic (exact) mass is 344 g/mol. The Kier molecular flexibility index (Phi) is 4.16. The van der Waals surface area contributed by atoms with Crippen molar-refractivity contribution >= 4 is 17.2 Å². The van der Waals surface area contributed by atoms with Gasteiger partial charge < -0.3 is 14.8 Å². The molecule has 0 saturated heterocycles. The molecule has 5 nitrogen and oxygen atoms in total. The molecule has 0 bridgehead atoms. The zero-order valence-electron chi connectivity index (χ0n) is 13.6. The molecule has 6 heteroatoms. The number of nitrogens with zero attached hydrogens (tertiary/aromatic N) is 1. The van der Waals surface area contributed by atoms with Gasteiger partial charge in [0.05, 0.1) is 0 Å². The number of thiophene rings is 1. The lowest BCUT2D eigenvalue weighted by Gasteiger charge is -2.34. The van der Waals surface area contributed by atoms with E-state index in [0.717, 1.165) is 13.0 Å². The number of carbonyl (C=O) groups excluding carboxylic acids is 1. The summed E-state index contributed by atoms with van der Waals surface area (Å²) >= 11 is 1.37. The molecule has 1 amide bonds. The van der Waals surface area contributed by atoms with Crippen LogP contribution in [0.5, 0.6) is 11.5 Å². The van der Waals surface area contributed by atoms with Crippen molar-refractivity contribution in [3.05, 3.63) is 45.6 Å². The van der Waals surface area contributed by atoms with Gasteiger partial charge in [0.25, 0.3) is 5.91 Å². The van der Waals surface area contributed by atoms with Crippen LogP contribution in [0, 0.1) is 0 Å². The van der Waals surface area contributed by atoms with Gasteiger partial charge in [-0.2, -0.15) is 0 Å². The number of ether oxygens (including phenoxy) is 2. The summed E-state index contributed by atoms with van der Waals surface area (Å²) in [4.78, 5) is 15.4. The van der Waals surface area contributed by atoms with Gasteiger partial charge in [0.15, 0.2) is 11.5 Å². The van der Waals surface area contributed by atoms with Crippen LogP contribution < -0.4 is 14.8 Å². The fourth-order valence-corrected chi connectivity index (χ4v) is 4.10. The van der Waals surface area contributed by atoms with Crippen LogP contribution in [0.25, 0.3) is 0 Å². The maximum Gasteiger partial charge on any atom is 0.265 e. The fourth-order valence-electron chi connectivity index (χ4n) is 3.26. The van der Waals surface area contributed by atoms with Gasteiger partial charge in [0.2, 0.25) is 0 Å². The summed E-state index contributed by atoms with van der Waals surface area (Å²) in [6.45, 7) is 2.57. The van der Waals surface area contributed by atoms with E-state index in [9.17, 15) is 4.79 Å². The first-order chi connectivity index (χ1) is 11.7. The highest BCUT2D eigenvalue weighted by Crippen LogP contribution is 2.39. The van der Waals surface area contributed by atoms with Crippen LogP contribution >= 0.6 is 11.3 Å². The minimum atomic E-state index is -0.0843. The van der Waals surface area contributed by atoms with Crippen molar-refractivity contribution in [3.63, 3.8) is 0 Å². The van der Waals surface area contributed by atoms with Crippen LogP contribution in [0.15, 0.2) is 29.6 Å². The van der Waals surface area contributed by atoms with Gasteiger partial charge in [-0.05, 0) is 24.6 Å². The Balaban J connectivity index is 1.42. The van der Waals surface area contributed by atoms with Gasteiger partial charge in [-0.25, -0.2) is 0 Å². The third kappa shape index (κ3) is 2.87. The highest BCUT2D eigenvalue weighted by Gasteiger charge is 2.26. The average molecular weight is 344 g/mol. The standard InChI is InChI=1S/C18H20N2O3S/c1-20-10-13-5-3-2-4-12(13)8-14(20)9-19-18(21)17-16-15(11-24-17)22-6-7-23-16/h2-5,11,14H,6-10H2,1H3,(H,19,21)/t14-/m1/s1. The van der Waals surface area contributed by atoms with Gasteiger partial charge >= 0.3 is 0 Å². The maximum atomic E-state index is 12.5. The van der Waals surface area contributed by atoms with E-state index in [1.807, 2.05) is 5.38 Å². The maximum absolute atomic E-state index is 12.5. The molecule has 2 aliphatic rings. The van der Waals surface area contributed by atoms with Gasteiger partial charge in [-0.15, -0.1) is 11.3 Å². The molecule has 1 aromatic heterocycles. The van der Waals surface area contributed by atoms with E-state index in [0.29, 0.717) is 42.2 Å². The number of hydrogen-bond donors (Lipinski definition) is 1. The lowest BCUT2D eigenvalue weighted by Crippen LogP contribution is -2.45. The van der Waals surface area contributed by atoms with Crippen molar-refractivity contribution in [2.75, 3.05) is 26.8 Å². The Morgan fingerprint density at radius 2 is 2.08 bits per heavy atom. The predicted octanol–water partition coefficient (Wildman–Crippen LogP) is 2.31. The summed E-state index contributed by atoms with van der Waals surface area (Å²) < 4.78 is 11.1. The number of likely N-dealkylation sites (N-methyl/N-ethyl adjacent to an activating group) is 1. The van der Waals surface area contributed by atoms with E-state index in [1.165, 1.54) is 22.5 Å². The lowest BCUT2D eigenvalue weighted by molar-refractivity contribution is 0.0929. The first-order valence-corrected chi connectivity index (χ1v) is 9.02. The van der Waals surface area contributed by atoms with Crippen LogP contribution in [0.2, 0.25) is 0 Å². The number of nitrogens with one attached hydrogen (secondary N) is 1. The highest BCUT2D eigenvalue weighted by molar-refractivity contribution is 7.12. The summed E-state index contributed by atoms with van der Waals surface area (Å²) in [5, 5.41) is 4.90. The van der Waals surface area contributed by atoms with E-state index in [2.05, 4.69) is 41.5 Å². The number of rotatable bonds is 3. The highest BCUT2D eigenvalue weighted by atomic mass is 32.1. The van der Waals surface area contributed by atoms with E-state index >= 15 is 0 Å². The lowest BCUT2D eigenvalue weighted by atomic mass is 9.94. The number of hydrogen-bond acceptors (Lipinski definition) is 5. The van der Waals surface area contributed by atoms with Crippen molar-refractivity contribution in [3.8, 4) is 11.5 Å². The Morgan fingerprint density at radius 3 is 2.96 bits per heavy atom. The van der Waals surface area contributed by atoms with Crippen molar-refractivity contribution in [2.24, 2.45) is 0 Å². The number of carbonyl (C=O) groups is 1. The SMILES string of the molecule is CN1Cc2ccccc2C[C@@H]1CNC(=O)c1scc2c1OCCO2. The molecule has 24 heavy (non-hydrogen) atoms. The van der Waals surface area contributed by atoms with Crippen LogP contribution in [-0.2, 0) is 13.0 Å². The second-order valence-corrected chi connectivity index (χ2v) is 7.09. The van der Waals surface area contributed by atoms with E-state index in [1.54, 1.807) is 0 Å². The smallest absolute Gasteiger partial charge is 0.265 e. The first kappa shape index (κ1) is 15.5. The predicted molar refractivity (Wildman–Crippen MR) is 93.0 cm³/mol.